The van der Waals surface area contributed by atoms with Gasteiger partial charge in [0, 0.05) is 38.7 Å². The van der Waals surface area contributed by atoms with Gasteiger partial charge in [-0.3, -0.25) is 0 Å². The highest BCUT2D eigenvalue weighted by atomic mass is 16.5. The molecule has 0 bridgehead atoms. The van der Waals surface area contributed by atoms with E-state index in [1.54, 1.807) is 0 Å². The molecule has 0 radical (unpaired) electrons. The maximum Gasteiger partial charge on any atom is 0.187 e. The monoisotopic (exact) mass is 591 g/mol. The first-order valence-electron chi connectivity index (χ1n) is 15.7. The number of nitrogens with zero attached hydrogens (tertiary/aromatic N) is 3. The van der Waals surface area contributed by atoms with Gasteiger partial charge in [-0.05, 0) is 66.2 Å². The van der Waals surface area contributed by atoms with Gasteiger partial charge < -0.3 is 18.5 Å². The van der Waals surface area contributed by atoms with E-state index in [-0.39, 0.29) is 12.1 Å². The summed E-state index contributed by atoms with van der Waals surface area (Å²) in [5.74, 6) is 1.02. The highest BCUT2D eigenvalue weighted by Crippen LogP contribution is 2.55. The van der Waals surface area contributed by atoms with Crippen LogP contribution in [-0.2, 0) is 0 Å². The van der Waals surface area contributed by atoms with E-state index in [2.05, 4.69) is 131 Å². The normalized spacial score (nSPS) is 16.8. The molecule has 9 aromatic rings. The van der Waals surface area contributed by atoms with Gasteiger partial charge in [-0.15, -0.1) is 0 Å². The minimum absolute atomic E-state index is 0.0819. The Morgan fingerprint density at radius 2 is 1.37 bits per heavy atom. The molecule has 2 aliphatic heterocycles. The zero-order valence-electron chi connectivity index (χ0n) is 24.6. The number of fused-ring (bicyclic) bond motifs is 13. The minimum Gasteiger partial charge on any atom is -0.469 e. The van der Waals surface area contributed by atoms with E-state index < -0.39 is 0 Å². The van der Waals surface area contributed by atoms with E-state index in [0.29, 0.717) is 0 Å². The third kappa shape index (κ3) is 3.16. The first kappa shape index (κ1) is 24.3. The number of hydrogen-bond acceptors (Lipinski definition) is 4. The van der Waals surface area contributed by atoms with Gasteiger partial charge in [0.05, 0.1) is 33.7 Å². The van der Waals surface area contributed by atoms with Gasteiger partial charge in [0.2, 0.25) is 0 Å². The molecule has 5 nitrogen and oxygen atoms in total. The number of para-hydroxylation sites is 5. The Morgan fingerprint density at radius 1 is 0.587 bits per heavy atom. The smallest absolute Gasteiger partial charge is 0.187 e. The second-order valence-corrected chi connectivity index (χ2v) is 12.3. The molecule has 0 saturated heterocycles. The highest BCUT2D eigenvalue weighted by molar-refractivity contribution is 6.07. The molecule has 2 atom stereocenters. The van der Waals surface area contributed by atoms with Crippen molar-refractivity contribution in [1.29, 1.82) is 0 Å². The van der Waals surface area contributed by atoms with E-state index in [1.165, 1.54) is 22.0 Å². The Bertz CT molecular complexity index is 2700. The molecule has 11 rings (SSSR count). The summed E-state index contributed by atoms with van der Waals surface area (Å²) in [7, 11) is 0. The predicted octanol–water partition coefficient (Wildman–Crippen LogP) is 10.2. The summed E-state index contributed by atoms with van der Waals surface area (Å²) in [6, 6.07) is 49.2. The lowest BCUT2D eigenvalue weighted by atomic mass is 9.92. The molecule has 216 valence electrons. The second kappa shape index (κ2) is 8.77. The average Bonchev–Trinajstić information content (AvgIpc) is 3.85. The van der Waals surface area contributed by atoms with Gasteiger partial charge in [-0.2, -0.15) is 0 Å². The number of ether oxygens (including phenoxy) is 1. The van der Waals surface area contributed by atoms with Crippen molar-refractivity contribution in [2.45, 2.75) is 12.1 Å². The van der Waals surface area contributed by atoms with Crippen molar-refractivity contribution in [3.8, 4) is 17.0 Å². The minimum atomic E-state index is -0.183. The number of aromatic nitrogens is 2. The summed E-state index contributed by atoms with van der Waals surface area (Å²) in [5, 5.41) is 3.45. The Hall–Kier alpha value is -6.07. The van der Waals surface area contributed by atoms with Crippen LogP contribution in [0.15, 0.2) is 144 Å². The van der Waals surface area contributed by atoms with E-state index in [0.717, 1.165) is 66.9 Å². The summed E-state index contributed by atoms with van der Waals surface area (Å²) >= 11 is 0. The van der Waals surface area contributed by atoms with Crippen LogP contribution in [0.2, 0.25) is 0 Å². The van der Waals surface area contributed by atoms with Gasteiger partial charge in [0.25, 0.3) is 0 Å². The van der Waals surface area contributed by atoms with Gasteiger partial charge in [0.1, 0.15) is 16.9 Å². The lowest BCUT2D eigenvalue weighted by Crippen LogP contribution is -2.32. The van der Waals surface area contributed by atoms with Crippen molar-refractivity contribution < 1.29 is 9.15 Å². The van der Waals surface area contributed by atoms with Crippen LogP contribution in [-0.4, -0.2) is 15.6 Å². The van der Waals surface area contributed by atoms with Crippen LogP contribution in [0.4, 0.5) is 11.4 Å². The maximum absolute atomic E-state index is 6.71. The van der Waals surface area contributed by atoms with Crippen molar-refractivity contribution >= 4 is 60.8 Å². The van der Waals surface area contributed by atoms with Crippen molar-refractivity contribution in [2.24, 2.45) is 0 Å². The molecule has 0 N–H and O–H groups in total. The molecule has 0 fully saturated rings. The number of hydrogen-bond donors (Lipinski definition) is 0. The lowest BCUT2D eigenvalue weighted by Gasteiger charge is -2.27. The molecule has 0 amide bonds. The molecule has 46 heavy (non-hydrogen) atoms. The largest absolute Gasteiger partial charge is 0.469 e. The van der Waals surface area contributed by atoms with E-state index >= 15 is 0 Å². The third-order valence-corrected chi connectivity index (χ3v) is 9.89. The van der Waals surface area contributed by atoms with Gasteiger partial charge in [-0.1, -0.05) is 78.9 Å². The van der Waals surface area contributed by atoms with Crippen molar-refractivity contribution in [2.75, 3.05) is 4.90 Å². The van der Waals surface area contributed by atoms with Gasteiger partial charge in [-0.25, -0.2) is 4.98 Å². The maximum atomic E-state index is 6.71. The molecule has 5 heteroatoms. The fourth-order valence-electron chi connectivity index (χ4n) is 7.88. The zero-order chi connectivity index (χ0) is 29.9. The predicted molar refractivity (Wildman–Crippen MR) is 184 cm³/mol. The first-order valence-corrected chi connectivity index (χ1v) is 15.7. The Morgan fingerprint density at radius 3 is 2.30 bits per heavy atom. The van der Waals surface area contributed by atoms with E-state index in [4.69, 9.17) is 14.1 Å². The molecule has 0 aliphatic carbocycles. The Kier molecular flexibility index (Phi) is 4.63. The Balaban J connectivity index is 1.10. The van der Waals surface area contributed by atoms with Crippen LogP contribution < -0.4 is 9.64 Å². The molecular weight excluding hydrogens is 566 g/mol. The zero-order valence-corrected chi connectivity index (χ0v) is 24.6. The van der Waals surface area contributed by atoms with Crippen LogP contribution >= 0.6 is 0 Å². The summed E-state index contributed by atoms with van der Waals surface area (Å²) < 4.78 is 15.4. The molecule has 2 unspecified atom stereocenters. The van der Waals surface area contributed by atoms with Gasteiger partial charge in [0.15, 0.2) is 6.23 Å². The molecule has 0 spiro atoms. The van der Waals surface area contributed by atoms with E-state index in [1.807, 2.05) is 18.2 Å². The molecule has 3 aromatic heterocycles. The van der Waals surface area contributed by atoms with Crippen molar-refractivity contribution in [3.63, 3.8) is 0 Å². The number of anilines is 2. The highest BCUT2D eigenvalue weighted by Gasteiger charge is 2.47. The van der Waals surface area contributed by atoms with Crippen LogP contribution in [0.1, 0.15) is 17.0 Å². The molecular formula is C41H25N3O2. The molecule has 6 aromatic carbocycles. The molecule has 0 saturated carbocycles. The van der Waals surface area contributed by atoms with Gasteiger partial charge >= 0.3 is 0 Å². The van der Waals surface area contributed by atoms with Crippen LogP contribution in [0.3, 0.4) is 0 Å². The molecule has 5 heterocycles. The third-order valence-electron chi connectivity index (χ3n) is 9.89. The quantitative estimate of drug-likeness (QED) is 0.201. The lowest BCUT2D eigenvalue weighted by molar-refractivity contribution is 0.234. The van der Waals surface area contributed by atoms with E-state index in [9.17, 15) is 0 Å². The summed E-state index contributed by atoms with van der Waals surface area (Å²) in [5.41, 5.74) is 12.9. The van der Waals surface area contributed by atoms with Crippen LogP contribution in [0.5, 0.6) is 5.75 Å². The average molecular weight is 592 g/mol. The fraction of sp³-hybridized carbons (Fsp3) is 0.0488. The Labute approximate surface area is 263 Å². The fourth-order valence-corrected chi connectivity index (χ4v) is 7.88. The summed E-state index contributed by atoms with van der Waals surface area (Å²) in [6.07, 6.45) is -0.183. The number of rotatable bonds is 2. The topological polar surface area (TPSA) is 42.9 Å². The summed E-state index contributed by atoms with van der Waals surface area (Å²) in [4.78, 5) is 7.56. The number of benzene rings is 6. The summed E-state index contributed by atoms with van der Waals surface area (Å²) in [6.45, 7) is 0. The van der Waals surface area contributed by atoms with Crippen molar-refractivity contribution in [1.82, 2.24) is 9.38 Å². The molecule has 2 aliphatic rings. The number of furan rings is 1. The van der Waals surface area contributed by atoms with Crippen LogP contribution in [0, 0.1) is 0 Å². The second-order valence-electron chi connectivity index (χ2n) is 12.3. The van der Waals surface area contributed by atoms with Crippen LogP contribution in [0.25, 0.3) is 60.6 Å². The van der Waals surface area contributed by atoms with Crippen molar-refractivity contribution in [3.05, 3.63) is 151 Å². The first-order chi connectivity index (χ1) is 22.8. The standard InChI is InChI=1S/C41H25N3O2/c1-5-13-32-25(9-1)21-35-40(42-31-12-4-6-14-33(31)44(32)35)24-17-19-26(20-18-24)43-34-22-29-27-10-2-7-15-36(27)45-38(29)23-30(34)39-28-11-3-8-16-37(28)46-41(39)43/h1-23,39,41H. The SMILES string of the molecule is c1ccc2c(c1)OC1C2c2cc3oc4ccccc4c3cc2N1c1ccc(-c2nc3ccccc3n3c2cc2ccccc23)cc1.